The molecule has 1 amide bonds. The maximum absolute atomic E-state index is 12.5. The van der Waals surface area contributed by atoms with E-state index in [1.54, 1.807) is 0 Å². The van der Waals surface area contributed by atoms with Gasteiger partial charge in [0.25, 0.3) is 5.91 Å². The molecule has 0 saturated heterocycles. The van der Waals surface area contributed by atoms with Crippen LogP contribution in [0.4, 0.5) is 10.1 Å². The van der Waals surface area contributed by atoms with Gasteiger partial charge in [-0.3, -0.25) is 9.89 Å². The maximum atomic E-state index is 12.5. The predicted octanol–water partition coefficient (Wildman–Crippen LogP) is 1.20. The Balaban J connectivity index is 2.09. The molecule has 6 heteroatoms. The Morgan fingerprint density at radius 1 is 1.40 bits per heavy atom. The summed E-state index contributed by atoms with van der Waals surface area (Å²) in [7, 11) is 0. The Morgan fingerprint density at radius 2 is 2.27 bits per heavy atom. The van der Waals surface area contributed by atoms with E-state index in [9.17, 15) is 9.18 Å². The van der Waals surface area contributed by atoms with Crippen LogP contribution in [0.2, 0.25) is 0 Å². The van der Waals surface area contributed by atoms with Crippen LogP contribution in [0.15, 0.2) is 30.6 Å². The highest BCUT2D eigenvalue weighted by molar-refractivity contribution is 6.02. The first-order chi connectivity index (χ1) is 7.25. The highest BCUT2D eigenvalue weighted by Crippen LogP contribution is 2.06. The number of H-pyrrole nitrogens is 1. The Hall–Kier alpha value is -2.24. The highest BCUT2D eigenvalue weighted by Gasteiger charge is 2.07. The summed E-state index contributed by atoms with van der Waals surface area (Å²) < 4.78 is 12.5. The molecule has 0 aromatic carbocycles. The molecule has 2 N–H and O–H groups in total. The van der Waals surface area contributed by atoms with Gasteiger partial charge in [-0.05, 0) is 18.2 Å². The minimum absolute atomic E-state index is 0.263. The summed E-state index contributed by atoms with van der Waals surface area (Å²) in [5, 5.41) is 8.74. The summed E-state index contributed by atoms with van der Waals surface area (Å²) in [4.78, 5) is 14.8. The number of carbonyl (C=O) groups excluding carboxylic acids is 1. The smallest absolute Gasteiger partial charge is 0.276 e. The number of hydrogen-bond acceptors (Lipinski definition) is 3. The molecule has 0 radical (unpaired) electrons. The van der Waals surface area contributed by atoms with E-state index in [2.05, 4.69) is 20.5 Å². The van der Waals surface area contributed by atoms with Crippen molar-refractivity contribution in [2.75, 3.05) is 5.32 Å². The molecule has 2 rings (SSSR count). The van der Waals surface area contributed by atoms with Gasteiger partial charge in [-0.15, -0.1) is 0 Å². The average Bonchev–Trinajstić information content (AvgIpc) is 2.74. The Morgan fingerprint density at radius 3 is 2.87 bits per heavy atom. The summed E-state index contributed by atoms with van der Waals surface area (Å²) >= 11 is 0. The molecule has 0 aliphatic heterocycles. The van der Waals surface area contributed by atoms with E-state index in [0.29, 0.717) is 5.69 Å². The number of aromatic amines is 1. The zero-order valence-corrected chi connectivity index (χ0v) is 7.57. The number of pyridine rings is 1. The summed E-state index contributed by atoms with van der Waals surface area (Å²) in [6.45, 7) is 0. The second-order valence-corrected chi connectivity index (χ2v) is 2.78. The van der Waals surface area contributed by atoms with Gasteiger partial charge >= 0.3 is 0 Å². The largest absolute Gasteiger partial charge is 0.319 e. The molecule has 2 aromatic rings. The van der Waals surface area contributed by atoms with Crippen LogP contribution in [0.1, 0.15) is 10.5 Å². The number of nitrogens with zero attached hydrogens (tertiary/aromatic N) is 2. The Kier molecular flexibility index (Phi) is 2.40. The molecular formula is C9H7FN4O. The van der Waals surface area contributed by atoms with Gasteiger partial charge < -0.3 is 5.32 Å². The molecule has 0 aliphatic carbocycles. The van der Waals surface area contributed by atoms with Crippen molar-refractivity contribution in [3.63, 3.8) is 0 Å². The van der Waals surface area contributed by atoms with E-state index in [0.717, 1.165) is 0 Å². The van der Waals surface area contributed by atoms with Crippen LogP contribution in [0.5, 0.6) is 0 Å². The quantitative estimate of drug-likeness (QED) is 0.725. The second kappa shape index (κ2) is 3.87. The minimum atomic E-state index is -0.590. The lowest BCUT2D eigenvalue weighted by atomic mass is 10.3. The van der Waals surface area contributed by atoms with Crippen molar-refractivity contribution in [3.05, 3.63) is 42.2 Å². The number of anilines is 1. The number of rotatable bonds is 2. The molecule has 0 atom stereocenters. The fourth-order valence-corrected chi connectivity index (χ4v) is 1.03. The monoisotopic (exact) mass is 206 g/mol. The highest BCUT2D eigenvalue weighted by atomic mass is 19.1. The van der Waals surface area contributed by atoms with Gasteiger partial charge in [-0.1, -0.05) is 0 Å². The number of amides is 1. The van der Waals surface area contributed by atoms with Gasteiger partial charge in [-0.25, -0.2) is 4.98 Å². The fourth-order valence-electron chi connectivity index (χ4n) is 1.03. The van der Waals surface area contributed by atoms with Crippen molar-refractivity contribution in [1.82, 2.24) is 15.2 Å². The third-order valence-electron chi connectivity index (χ3n) is 1.72. The third-order valence-corrected chi connectivity index (χ3v) is 1.72. The number of halogens is 1. The van der Waals surface area contributed by atoms with Crippen molar-refractivity contribution < 1.29 is 9.18 Å². The predicted molar refractivity (Wildman–Crippen MR) is 50.7 cm³/mol. The lowest BCUT2D eigenvalue weighted by Crippen LogP contribution is -2.12. The summed E-state index contributed by atoms with van der Waals surface area (Å²) in [6, 6.07) is 4.12. The van der Waals surface area contributed by atoms with Crippen LogP contribution in [0, 0.1) is 5.95 Å². The van der Waals surface area contributed by atoms with Crippen LogP contribution in [0.25, 0.3) is 0 Å². The molecule has 5 nitrogen and oxygen atoms in total. The molecule has 2 heterocycles. The standard InChI is InChI=1S/C9H7FN4O/c10-8-2-1-6(5-11-8)13-9(15)7-3-4-12-14-7/h1-5H,(H,12,14)(H,13,15). The number of nitrogens with one attached hydrogen (secondary N) is 2. The lowest BCUT2D eigenvalue weighted by Gasteiger charge is -2.01. The zero-order chi connectivity index (χ0) is 10.7. The van der Waals surface area contributed by atoms with Crippen molar-refractivity contribution in [3.8, 4) is 0 Å². The first kappa shape index (κ1) is 9.32. The van der Waals surface area contributed by atoms with Gasteiger partial charge in [0.2, 0.25) is 5.95 Å². The SMILES string of the molecule is O=C(Nc1ccc(F)nc1)c1cc[nH]n1. The molecule has 76 valence electrons. The van der Waals surface area contributed by atoms with Gasteiger partial charge in [0.15, 0.2) is 0 Å². The molecule has 2 aromatic heterocycles. The van der Waals surface area contributed by atoms with Gasteiger partial charge in [0.05, 0.1) is 11.9 Å². The van der Waals surface area contributed by atoms with E-state index in [-0.39, 0.29) is 11.6 Å². The van der Waals surface area contributed by atoms with Gasteiger partial charge in [0, 0.05) is 6.20 Å². The molecule has 0 aliphatic rings. The van der Waals surface area contributed by atoms with E-state index >= 15 is 0 Å². The third kappa shape index (κ3) is 2.16. The van der Waals surface area contributed by atoms with Crippen molar-refractivity contribution >= 4 is 11.6 Å². The van der Waals surface area contributed by atoms with Crippen molar-refractivity contribution in [1.29, 1.82) is 0 Å². The first-order valence-electron chi connectivity index (χ1n) is 4.18. The average molecular weight is 206 g/mol. The lowest BCUT2D eigenvalue weighted by molar-refractivity contribution is 0.102. The van der Waals surface area contributed by atoms with Crippen LogP contribution < -0.4 is 5.32 Å². The summed E-state index contributed by atoms with van der Waals surface area (Å²) in [6.07, 6.45) is 2.78. The molecule has 0 unspecified atom stereocenters. The number of hydrogen-bond donors (Lipinski definition) is 2. The normalized spacial score (nSPS) is 9.93. The summed E-state index contributed by atoms with van der Waals surface area (Å²) in [5.41, 5.74) is 0.684. The topological polar surface area (TPSA) is 70.7 Å². The molecular weight excluding hydrogens is 199 g/mol. The number of aromatic nitrogens is 3. The molecule has 0 bridgehead atoms. The van der Waals surface area contributed by atoms with Crippen LogP contribution in [-0.4, -0.2) is 21.1 Å². The van der Waals surface area contributed by atoms with E-state index < -0.39 is 5.95 Å². The maximum Gasteiger partial charge on any atom is 0.276 e. The second-order valence-electron chi connectivity index (χ2n) is 2.78. The Bertz CT molecular complexity index is 451. The molecule has 0 saturated carbocycles. The molecule has 0 spiro atoms. The van der Waals surface area contributed by atoms with Crippen LogP contribution >= 0.6 is 0 Å². The Labute approximate surface area is 84.3 Å². The molecule has 0 fully saturated rings. The van der Waals surface area contributed by atoms with Crippen molar-refractivity contribution in [2.24, 2.45) is 0 Å². The van der Waals surface area contributed by atoms with Gasteiger partial charge in [0.1, 0.15) is 5.69 Å². The zero-order valence-electron chi connectivity index (χ0n) is 7.57. The van der Waals surface area contributed by atoms with Crippen LogP contribution in [0.3, 0.4) is 0 Å². The van der Waals surface area contributed by atoms with Gasteiger partial charge in [-0.2, -0.15) is 9.49 Å². The van der Waals surface area contributed by atoms with E-state index in [1.165, 1.54) is 30.6 Å². The van der Waals surface area contributed by atoms with E-state index in [4.69, 9.17) is 0 Å². The minimum Gasteiger partial charge on any atom is -0.319 e. The summed E-state index contributed by atoms with van der Waals surface area (Å²) in [5.74, 6) is -0.961. The molecule has 15 heavy (non-hydrogen) atoms. The fraction of sp³-hybridized carbons (Fsp3) is 0. The van der Waals surface area contributed by atoms with Crippen LogP contribution in [-0.2, 0) is 0 Å². The van der Waals surface area contributed by atoms with Crippen molar-refractivity contribution in [2.45, 2.75) is 0 Å². The number of carbonyl (C=O) groups is 1. The van der Waals surface area contributed by atoms with E-state index in [1.807, 2.05) is 0 Å². The first-order valence-corrected chi connectivity index (χ1v) is 4.18.